The van der Waals surface area contributed by atoms with E-state index >= 15 is 0 Å². The Bertz CT molecular complexity index is 782. The maximum absolute atomic E-state index is 12.5. The Kier molecular flexibility index (Phi) is 4.39. The third kappa shape index (κ3) is 3.57. The summed E-state index contributed by atoms with van der Waals surface area (Å²) in [5.41, 5.74) is 1.57. The molecule has 2 aromatic heterocycles. The van der Waals surface area contributed by atoms with Gasteiger partial charge in [-0.25, -0.2) is 9.97 Å². The topological polar surface area (TPSA) is 51.0 Å². The van der Waals surface area contributed by atoms with Crippen molar-refractivity contribution in [3.05, 3.63) is 77.5 Å². The fraction of sp³-hybridized carbons (Fsp3) is 0.118. The van der Waals surface area contributed by atoms with Crippen molar-refractivity contribution in [1.29, 1.82) is 0 Å². The summed E-state index contributed by atoms with van der Waals surface area (Å²) in [7, 11) is 1.76. The summed E-state index contributed by atoms with van der Waals surface area (Å²) in [6.45, 7) is 0.513. The first-order valence-electron chi connectivity index (χ1n) is 7.08. The SMILES string of the molecule is CN(Cc1ccc(Cl)cc1)C(=O)c1ccc(-n2ccnc2)nc1. The van der Waals surface area contributed by atoms with Crippen molar-refractivity contribution in [2.24, 2.45) is 0 Å². The van der Waals surface area contributed by atoms with Gasteiger partial charge in [-0.1, -0.05) is 23.7 Å². The lowest BCUT2D eigenvalue weighted by molar-refractivity contribution is 0.0784. The Labute approximate surface area is 139 Å². The number of halogens is 1. The fourth-order valence-corrected chi connectivity index (χ4v) is 2.34. The maximum atomic E-state index is 12.5. The molecule has 0 aliphatic carbocycles. The molecule has 0 aliphatic rings. The third-order valence-electron chi connectivity index (χ3n) is 3.44. The van der Waals surface area contributed by atoms with E-state index in [4.69, 9.17) is 11.6 Å². The molecule has 0 N–H and O–H groups in total. The van der Waals surface area contributed by atoms with Crippen molar-refractivity contribution >= 4 is 17.5 Å². The van der Waals surface area contributed by atoms with Crippen LogP contribution in [0.4, 0.5) is 0 Å². The maximum Gasteiger partial charge on any atom is 0.255 e. The lowest BCUT2D eigenvalue weighted by Gasteiger charge is -2.17. The zero-order chi connectivity index (χ0) is 16.2. The van der Waals surface area contributed by atoms with E-state index in [0.29, 0.717) is 17.1 Å². The van der Waals surface area contributed by atoms with Gasteiger partial charge in [0.05, 0.1) is 5.56 Å². The number of carbonyl (C=O) groups is 1. The molecule has 116 valence electrons. The van der Waals surface area contributed by atoms with Crippen LogP contribution in [0.1, 0.15) is 15.9 Å². The van der Waals surface area contributed by atoms with E-state index in [-0.39, 0.29) is 5.91 Å². The first kappa shape index (κ1) is 15.2. The predicted octanol–water partition coefficient (Wildman–Crippen LogP) is 3.19. The minimum absolute atomic E-state index is 0.0790. The zero-order valence-corrected chi connectivity index (χ0v) is 13.3. The Morgan fingerprint density at radius 1 is 1.22 bits per heavy atom. The molecule has 3 aromatic rings. The van der Waals surface area contributed by atoms with Crippen LogP contribution in [-0.2, 0) is 6.54 Å². The van der Waals surface area contributed by atoms with Crippen LogP contribution >= 0.6 is 11.6 Å². The average Bonchev–Trinajstić information content (AvgIpc) is 3.11. The second-order valence-electron chi connectivity index (χ2n) is 5.16. The van der Waals surface area contributed by atoms with Crippen molar-refractivity contribution in [3.63, 3.8) is 0 Å². The summed E-state index contributed by atoms with van der Waals surface area (Å²) >= 11 is 5.87. The van der Waals surface area contributed by atoms with Gasteiger partial charge in [-0.2, -0.15) is 0 Å². The Hall–Kier alpha value is -2.66. The first-order chi connectivity index (χ1) is 11.1. The molecule has 5 nitrogen and oxygen atoms in total. The second-order valence-corrected chi connectivity index (χ2v) is 5.60. The van der Waals surface area contributed by atoms with Gasteiger partial charge in [0.2, 0.25) is 0 Å². The van der Waals surface area contributed by atoms with Crippen LogP contribution < -0.4 is 0 Å². The highest BCUT2D eigenvalue weighted by Crippen LogP contribution is 2.13. The van der Waals surface area contributed by atoms with Crippen molar-refractivity contribution < 1.29 is 4.79 Å². The summed E-state index contributed by atoms with van der Waals surface area (Å²) in [5.74, 6) is 0.643. The molecule has 23 heavy (non-hydrogen) atoms. The summed E-state index contributed by atoms with van der Waals surface area (Å²) in [4.78, 5) is 22.4. The number of rotatable bonds is 4. The molecule has 0 saturated heterocycles. The van der Waals surface area contributed by atoms with E-state index in [0.717, 1.165) is 11.4 Å². The number of carbonyl (C=O) groups excluding carboxylic acids is 1. The Balaban J connectivity index is 1.70. The first-order valence-corrected chi connectivity index (χ1v) is 7.45. The van der Waals surface area contributed by atoms with Gasteiger partial charge < -0.3 is 4.90 Å². The van der Waals surface area contributed by atoms with Crippen LogP contribution in [0.3, 0.4) is 0 Å². The number of aromatic nitrogens is 3. The minimum Gasteiger partial charge on any atom is -0.337 e. The number of hydrogen-bond acceptors (Lipinski definition) is 3. The highest BCUT2D eigenvalue weighted by atomic mass is 35.5. The molecule has 0 unspecified atom stereocenters. The van der Waals surface area contributed by atoms with Crippen molar-refractivity contribution in [2.75, 3.05) is 7.05 Å². The molecule has 0 aliphatic heterocycles. The number of pyridine rings is 1. The fourth-order valence-electron chi connectivity index (χ4n) is 2.22. The van der Waals surface area contributed by atoms with E-state index in [9.17, 15) is 4.79 Å². The van der Waals surface area contributed by atoms with Crippen molar-refractivity contribution in [2.45, 2.75) is 6.54 Å². The molecule has 3 rings (SSSR count). The van der Waals surface area contributed by atoms with Gasteiger partial charge in [0.1, 0.15) is 12.1 Å². The largest absolute Gasteiger partial charge is 0.337 e. The molecule has 6 heteroatoms. The molecule has 1 aromatic carbocycles. The van der Waals surface area contributed by atoms with Gasteiger partial charge in [-0.3, -0.25) is 9.36 Å². The summed E-state index contributed by atoms with van der Waals surface area (Å²) in [5, 5.41) is 0.682. The van der Waals surface area contributed by atoms with Crippen LogP contribution in [0.2, 0.25) is 5.02 Å². The highest BCUT2D eigenvalue weighted by Gasteiger charge is 2.12. The third-order valence-corrected chi connectivity index (χ3v) is 3.70. The molecule has 1 amide bonds. The van der Waals surface area contributed by atoms with Gasteiger partial charge in [-0.15, -0.1) is 0 Å². The molecular weight excluding hydrogens is 312 g/mol. The number of hydrogen-bond donors (Lipinski definition) is 0. The van der Waals surface area contributed by atoms with Gasteiger partial charge in [0.15, 0.2) is 0 Å². The molecule has 0 bridgehead atoms. The monoisotopic (exact) mass is 326 g/mol. The van der Waals surface area contributed by atoms with Crippen LogP contribution in [0.15, 0.2) is 61.3 Å². The summed E-state index contributed by atoms with van der Waals surface area (Å²) < 4.78 is 1.78. The quantitative estimate of drug-likeness (QED) is 0.740. The molecule has 2 heterocycles. The van der Waals surface area contributed by atoms with Crippen molar-refractivity contribution in [3.8, 4) is 5.82 Å². The number of amides is 1. The Morgan fingerprint density at radius 2 is 2.00 bits per heavy atom. The normalized spacial score (nSPS) is 10.5. The molecule has 0 fully saturated rings. The van der Waals surface area contributed by atoms with E-state index in [2.05, 4.69) is 9.97 Å². The van der Waals surface area contributed by atoms with E-state index in [1.165, 1.54) is 0 Å². The second kappa shape index (κ2) is 6.62. The Morgan fingerprint density at radius 3 is 2.61 bits per heavy atom. The minimum atomic E-state index is -0.0790. The van der Waals surface area contributed by atoms with Crippen molar-refractivity contribution in [1.82, 2.24) is 19.4 Å². The molecule has 0 saturated carbocycles. The molecule has 0 spiro atoms. The zero-order valence-electron chi connectivity index (χ0n) is 12.6. The van der Waals surface area contributed by atoms with Gasteiger partial charge >= 0.3 is 0 Å². The van der Waals surface area contributed by atoms with Gasteiger partial charge in [0.25, 0.3) is 5.91 Å². The van der Waals surface area contributed by atoms with Crippen LogP contribution in [0.25, 0.3) is 5.82 Å². The predicted molar refractivity (Wildman–Crippen MR) is 88.6 cm³/mol. The number of imidazole rings is 1. The summed E-state index contributed by atoms with van der Waals surface area (Å²) in [6.07, 6.45) is 6.73. The molecular formula is C17H15ClN4O. The van der Waals surface area contributed by atoms with E-state index in [1.54, 1.807) is 53.6 Å². The molecule has 0 radical (unpaired) electrons. The standard InChI is InChI=1S/C17H15ClN4O/c1-21(11-13-2-5-15(18)6-3-13)17(23)14-4-7-16(20-10-14)22-9-8-19-12-22/h2-10,12H,11H2,1H3. The number of benzene rings is 1. The van der Waals surface area contributed by atoms with Crippen LogP contribution in [-0.4, -0.2) is 32.4 Å². The van der Waals surface area contributed by atoms with Crippen LogP contribution in [0.5, 0.6) is 0 Å². The lowest BCUT2D eigenvalue weighted by Crippen LogP contribution is -2.26. The molecule has 0 atom stereocenters. The van der Waals surface area contributed by atoms with Crippen LogP contribution in [0, 0.1) is 0 Å². The smallest absolute Gasteiger partial charge is 0.255 e. The van der Waals surface area contributed by atoms with E-state index in [1.807, 2.05) is 24.3 Å². The number of nitrogens with zero attached hydrogens (tertiary/aromatic N) is 4. The average molecular weight is 327 g/mol. The summed E-state index contributed by atoms with van der Waals surface area (Å²) in [6, 6.07) is 11.0. The lowest BCUT2D eigenvalue weighted by atomic mass is 10.2. The highest BCUT2D eigenvalue weighted by molar-refractivity contribution is 6.30. The van der Waals surface area contributed by atoms with Gasteiger partial charge in [-0.05, 0) is 29.8 Å². The van der Waals surface area contributed by atoms with E-state index < -0.39 is 0 Å². The van der Waals surface area contributed by atoms with Gasteiger partial charge in [0, 0.05) is 37.2 Å².